The van der Waals surface area contributed by atoms with E-state index in [2.05, 4.69) is 17.6 Å². The van der Waals surface area contributed by atoms with E-state index >= 15 is 0 Å². The lowest BCUT2D eigenvalue weighted by Gasteiger charge is -2.31. The summed E-state index contributed by atoms with van der Waals surface area (Å²) >= 11 is 0. The molecule has 2 amide bonds. The first kappa shape index (κ1) is 23.2. The molecule has 0 bridgehead atoms. The van der Waals surface area contributed by atoms with Crippen LogP contribution in [0.1, 0.15) is 43.7 Å². The van der Waals surface area contributed by atoms with Crippen LogP contribution in [0, 0.1) is 16.0 Å². The third kappa shape index (κ3) is 6.80. The van der Waals surface area contributed by atoms with Crippen molar-refractivity contribution in [3.63, 3.8) is 0 Å². The first-order valence-electron chi connectivity index (χ1n) is 10.9. The Balaban J connectivity index is 1.66. The molecule has 1 aliphatic rings. The Labute approximate surface area is 187 Å². The Morgan fingerprint density at radius 1 is 1.06 bits per heavy atom. The molecular weight excluding hydrogens is 410 g/mol. The zero-order valence-corrected chi connectivity index (χ0v) is 18.2. The highest BCUT2D eigenvalue weighted by Gasteiger charge is 2.28. The fourth-order valence-electron chi connectivity index (χ4n) is 3.92. The molecule has 170 valence electrons. The third-order valence-corrected chi connectivity index (χ3v) is 5.85. The number of amides is 2. The summed E-state index contributed by atoms with van der Waals surface area (Å²) in [6, 6.07) is 14.5. The Kier molecular flexibility index (Phi) is 8.19. The van der Waals surface area contributed by atoms with Crippen LogP contribution in [0.4, 0.5) is 10.5 Å². The van der Waals surface area contributed by atoms with Crippen LogP contribution >= 0.6 is 0 Å². The highest BCUT2D eigenvalue weighted by Crippen LogP contribution is 2.24. The molecule has 0 aliphatic heterocycles. The topological polar surface area (TPSA) is 111 Å². The molecule has 0 aromatic heterocycles. The Bertz CT molecular complexity index is 917. The zero-order valence-electron chi connectivity index (χ0n) is 18.2. The van der Waals surface area contributed by atoms with Crippen LogP contribution in [0.5, 0.6) is 0 Å². The van der Waals surface area contributed by atoms with Crippen molar-refractivity contribution in [2.45, 2.75) is 57.7 Å². The van der Waals surface area contributed by atoms with Gasteiger partial charge in [-0.2, -0.15) is 0 Å². The van der Waals surface area contributed by atoms with Gasteiger partial charge in [0.05, 0.1) is 4.92 Å². The van der Waals surface area contributed by atoms with E-state index in [-0.39, 0.29) is 30.7 Å². The van der Waals surface area contributed by atoms with Gasteiger partial charge in [-0.3, -0.25) is 14.9 Å². The average molecular weight is 440 g/mol. The summed E-state index contributed by atoms with van der Waals surface area (Å²) in [5.41, 5.74) is 1.52. The van der Waals surface area contributed by atoms with E-state index in [4.69, 9.17) is 4.74 Å². The molecule has 1 aliphatic carbocycles. The van der Waals surface area contributed by atoms with Crippen molar-refractivity contribution in [1.29, 1.82) is 0 Å². The van der Waals surface area contributed by atoms with Crippen LogP contribution in [-0.4, -0.2) is 29.0 Å². The number of nitrogens with zero attached hydrogens (tertiary/aromatic N) is 1. The molecule has 3 atom stereocenters. The lowest BCUT2D eigenvalue weighted by Crippen LogP contribution is -2.52. The van der Waals surface area contributed by atoms with Gasteiger partial charge in [-0.05, 0) is 29.9 Å². The fraction of sp³-hybridized carbons (Fsp3) is 0.417. The van der Waals surface area contributed by atoms with Gasteiger partial charge in [0.2, 0.25) is 5.91 Å². The number of ether oxygens (including phenoxy) is 1. The lowest BCUT2D eigenvalue weighted by molar-refractivity contribution is -0.384. The molecule has 8 nitrogen and oxygen atoms in total. The molecule has 0 saturated heterocycles. The summed E-state index contributed by atoms with van der Waals surface area (Å²) in [4.78, 5) is 35.9. The summed E-state index contributed by atoms with van der Waals surface area (Å²) in [5.74, 6) is 0.0940. The van der Waals surface area contributed by atoms with Crippen LogP contribution < -0.4 is 10.6 Å². The van der Waals surface area contributed by atoms with Gasteiger partial charge in [0.25, 0.3) is 5.69 Å². The minimum Gasteiger partial charge on any atom is -0.445 e. The van der Waals surface area contributed by atoms with Crippen molar-refractivity contribution in [2.24, 2.45) is 5.92 Å². The summed E-state index contributed by atoms with van der Waals surface area (Å²) in [7, 11) is 0. The number of rotatable bonds is 8. The standard InChI is InChI=1S/C24H29N3O5/c1-17-7-5-6-10-21(17)25-23(28)22(15-18-11-13-20(14-12-18)27(30)31)26-24(29)32-16-19-8-3-2-4-9-19/h2-4,8-9,11-14,17,21-22H,5-7,10,15-16H2,1H3,(H,25,28)(H,26,29)/t17-,21-,22-/m0/s1. The number of hydrogen-bond acceptors (Lipinski definition) is 5. The van der Waals surface area contributed by atoms with E-state index in [9.17, 15) is 19.7 Å². The zero-order chi connectivity index (χ0) is 22.9. The predicted octanol–water partition coefficient (Wildman–Crippen LogP) is 4.13. The van der Waals surface area contributed by atoms with Crippen molar-refractivity contribution in [1.82, 2.24) is 10.6 Å². The fourth-order valence-corrected chi connectivity index (χ4v) is 3.92. The van der Waals surface area contributed by atoms with Gasteiger partial charge in [0.1, 0.15) is 12.6 Å². The highest BCUT2D eigenvalue weighted by atomic mass is 16.6. The number of carbonyl (C=O) groups excluding carboxylic acids is 2. The minimum absolute atomic E-state index is 0.0268. The largest absolute Gasteiger partial charge is 0.445 e. The second kappa shape index (κ2) is 11.3. The van der Waals surface area contributed by atoms with Gasteiger partial charge < -0.3 is 15.4 Å². The van der Waals surface area contributed by atoms with Crippen molar-refractivity contribution in [3.8, 4) is 0 Å². The summed E-state index contributed by atoms with van der Waals surface area (Å²) in [6.45, 7) is 2.22. The van der Waals surface area contributed by atoms with E-state index < -0.39 is 17.1 Å². The number of nitro benzene ring substituents is 1. The molecule has 0 unspecified atom stereocenters. The smallest absolute Gasteiger partial charge is 0.408 e. The highest BCUT2D eigenvalue weighted by molar-refractivity contribution is 5.86. The van der Waals surface area contributed by atoms with Gasteiger partial charge in [-0.1, -0.05) is 62.2 Å². The minimum atomic E-state index is -0.853. The number of non-ortho nitro benzene ring substituents is 1. The quantitative estimate of drug-likeness (QED) is 0.475. The number of alkyl carbamates (subject to hydrolysis) is 1. The molecular formula is C24H29N3O5. The summed E-state index contributed by atoms with van der Waals surface area (Å²) in [6.07, 6.45) is 3.71. The molecule has 2 aromatic rings. The number of nitro groups is 1. The van der Waals surface area contributed by atoms with Crippen LogP contribution in [0.3, 0.4) is 0 Å². The van der Waals surface area contributed by atoms with E-state index in [1.165, 1.54) is 12.1 Å². The van der Waals surface area contributed by atoms with Crippen molar-refractivity contribution in [3.05, 3.63) is 75.8 Å². The van der Waals surface area contributed by atoms with Gasteiger partial charge in [-0.25, -0.2) is 4.79 Å². The van der Waals surface area contributed by atoms with Gasteiger partial charge in [0, 0.05) is 24.6 Å². The van der Waals surface area contributed by atoms with E-state index in [0.717, 1.165) is 31.2 Å². The molecule has 0 spiro atoms. The van der Waals surface area contributed by atoms with Gasteiger partial charge in [-0.15, -0.1) is 0 Å². The Morgan fingerprint density at radius 3 is 2.41 bits per heavy atom. The van der Waals surface area contributed by atoms with Crippen LogP contribution in [-0.2, 0) is 22.6 Å². The molecule has 8 heteroatoms. The van der Waals surface area contributed by atoms with Crippen LogP contribution in [0.15, 0.2) is 54.6 Å². The van der Waals surface area contributed by atoms with Crippen molar-refractivity contribution >= 4 is 17.7 Å². The molecule has 3 rings (SSSR count). The van der Waals surface area contributed by atoms with Crippen LogP contribution in [0.2, 0.25) is 0 Å². The second-order valence-corrected chi connectivity index (χ2v) is 8.26. The number of hydrogen-bond donors (Lipinski definition) is 2. The molecule has 0 radical (unpaired) electrons. The first-order chi connectivity index (χ1) is 15.4. The van der Waals surface area contributed by atoms with E-state index in [1.807, 2.05) is 30.3 Å². The van der Waals surface area contributed by atoms with E-state index in [1.54, 1.807) is 12.1 Å². The lowest BCUT2D eigenvalue weighted by atomic mass is 9.85. The van der Waals surface area contributed by atoms with Gasteiger partial charge in [0.15, 0.2) is 0 Å². The van der Waals surface area contributed by atoms with E-state index in [0.29, 0.717) is 11.5 Å². The summed E-state index contributed by atoms with van der Waals surface area (Å²) in [5, 5.41) is 16.6. The second-order valence-electron chi connectivity index (χ2n) is 8.26. The average Bonchev–Trinajstić information content (AvgIpc) is 2.80. The predicted molar refractivity (Wildman–Crippen MR) is 120 cm³/mol. The SMILES string of the molecule is C[C@H]1CCCC[C@@H]1NC(=O)[C@H](Cc1ccc([N+](=O)[O-])cc1)NC(=O)OCc1ccccc1. The number of benzene rings is 2. The van der Waals surface area contributed by atoms with Gasteiger partial charge >= 0.3 is 6.09 Å². The maximum atomic E-state index is 13.1. The molecule has 0 heterocycles. The Hall–Kier alpha value is -3.42. The number of nitrogens with one attached hydrogen (secondary N) is 2. The molecule has 1 saturated carbocycles. The Morgan fingerprint density at radius 2 is 1.75 bits per heavy atom. The molecule has 2 aromatic carbocycles. The normalized spacial score (nSPS) is 18.9. The molecule has 32 heavy (non-hydrogen) atoms. The third-order valence-electron chi connectivity index (χ3n) is 5.85. The van der Waals surface area contributed by atoms with Crippen LogP contribution in [0.25, 0.3) is 0 Å². The first-order valence-corrected chi connectivity index (χ1v) is 10.9. The maximum absolute atomic E-state index is 13.1. The maximum Gasteiger partial charge on any atom is 0.408 e. The summed E-state index contributed by atoms with van der Waals surface area (Å²) < 4.78 is 5.29. The number of carbonyl (C=O) groups is 2. The molecule has 1 fully saturated rings. The molecule has 2 N–H and O–H groups in total. The van der Waals surface area contributed by atoms with Crippen molar-refractivity contribution < 1.29 is 19.2 Å². The van der Waals surface area contributed by atoms with Crippen molar-refractivity contribution in [2.75, 3.05) is 0 Å². The monoisotopic (exact) mass is 439 g/mol.